The molecular weight excluding hydrogens is 420 g/mol. The number of rotatable bonds is 3. The van der Waals surface area contributed by atoms with Crippen molar-refractivity contribution >= 4 is 44.2 Å². The van der Waals surface area contributed by atoms with Crippen molar-refractivity contribution in [1.82, 2.24) is 0 Å². The second kappa shape index (κ2) is 6.22. The van der Waals surface area contributed by atoms with E-state index in [2.05, 4.69) is 75.0 Å². The van der Waals surface area contributed by atoms with Crippen LogP contribution in [0.5, 0.6) is 0 Å². The lowest BCUT2D eigenvalue weighted by atomic mass is 10.1. The Labute approximate surface area is 134 Å². The van der Waals surface area contributed by atoms with Crippen LogP contribution < -0.4 is 5.32 Å². The molecule has 0 amide bonds. The minimum atomic E-state index is -0.247. The second-order valence-corrected chi connectivity index (χ2v) is 6.60. The number of aryl methyl sites for hydroxylation is 1. The molecule has 0 radical (unpaired) electrons. The molecule has 2 aromatic rings. The molecule has 0 saturated carbocycles. The highest BCUT2D eigenvalue weighted by atomic mass is 127. The van der Waals surface area contributed by atoms with Crippen molar-refractivity contribution in [3.63, 3.8) is 0 Å². The number of benzene rings is 2. The van der Waals surface area contributed by atoms with Crippen LogP contribution in [-0.2, 0) is 0 Å². The van der Waals surface area contributed by atoms with Gasteiger partial charge in [0.05, 0.1) is 4.47 Å². The third-order valence-corrected chi connectivity index (χ3v) is 4.34. The Morgan fingerprint density at radius 2 is 1.84 bits per heavy atom. The van der Waals surface area contributed by atoms with Crippen molar-refractivity contribution in [3.8, 4) is 0 Å². The van der Waals surface area contributed by atoms with Crippen molar-refractivity contribution in [2.24, 2.45) is 0 Å². The molecule has 1 atom stereocenters. The third-order valence-electron chi connectivity index (χ3n) is 3.01. The van der Waals surface area contributed by atoms with E-state index in [0.717, 1.165) is 11.3 Å². The number of hydrogen-bond donors (Lipinski definition) is 1. The first-order valence-corrected chi connectivity index (χ1v) is 7.82. The van der Waals surface area contributed by atoms with Crippen LogP contribution in [0.3, 0.4) is 0 Å². The van der Waals surface area contributed by atoms with Crippen molar-refractivity contribution in [2.75, 3.05) is 5.32 Å². The standard InChI is InChI=1S/C15H14BrFIN/c1-9-7-13(16)14(17)8-15(9)19-10(2)11-3-5-12(18)6-4-11/h3-8,10,19H,1-2H3. The molecule has 1 unspecified atom stereocenters. The van der Waals surface area contributed by atoms with Gasteiger partial charge in [0.2, 0.25) is 0 Å². The Morgan fingerprint density at radius 3 is 2.47 bits per heavy atom. The summed E-state index contributed by atoms with van der Waals surface area (Å²) >= 11 is 5.48. The zero-order chi connectivity index (χ0) is 14.0. The number of halogens is 3. The van der Waals surface area contributed by atoms with Crippen molar-refractivity contribution in [2.45, 2.75) is 19.9 Å². The average Bonchev–Trinajstić information content (AvgIpc) is 2.36. The molecule has 2 aromatic carbocycles. The molecule has 4 heteroatoms. The van der Waals surface area contributed by atoms with Gasteiger partial charge < -0.3 is 5.32 Å². The van der Waals surface area contributed by atoms with E-state index in [1.54, 1.807) is 6.07 Å². The van der Waals surface area contributed by atoms with Gasteiger partial charge in [-0.25, -0.2) is 4.39 Å². The summed E-state index contributed by atoms with van der Waals surface area (Å²) < 4.78 is 15.3. The maximum Gasteiger partial charge on any atom is 0.139 e. The van der Waals surface area contributed by atoms with Crippen LogP contribution in [-0.4, -0.2) is 0 Å². The van der Waals surface area contributed by atoms with E-state index in [1.807, 2.05) is 6.92 Å². The molecule has 0 saturated heterocycles. The minimum absolute atomic E-state index is 0.135. The summed E-state index contributed by atoms with van der Waals surface area (Å²) in [6.07, 6.45) is 0. The van der Waals surface area contributed by atoms with Crippen molar-refractivity contribution in [3.05, 3.63) is 61.4 Å². The Bertz CT molecular complexity index is 583. The van der Waals surface area contributed by atoms with Crippen LogP contribution in [0.4, 0.5) is 10.1 Å². The lowest BCUT2D eigenvalue weighted by molar-refractivity contribution is 0.620. The van der Waals surface area contributed by atoms with Crippen molar-refractivity contribution in [1.29, 1.82) is 0 Å². The maximum absolute atomic E-state index is 13.6. The van der Waals surface area contributed by atoms with Crippen LogP contribution in [0.25, 0.3) is 0 Å². The Hall–Kier alpha value is -0.620. The second-order valence-electron chi connectivity index (χ2n) is 4.50. The Morgan fingerprint density at radius 1 is 1.21 bits per heavy atom. The summed E-state index contributed by atoms with van der Waals surface area (Å²) in [5, 5.41) is 3.35. The number of hydrogen-bond acceptors (Lipinski definition) is 1. The predicted octanol–water partition coefficient (Wildman–Crippen LogP) is 5.67. The van der Waals surface area contributed by atoms with Crippen LogP contribution in [0.2, 0.25) is 0 Å². The largest absolute Gasteiger partial charge is 0.378 e. The molecule has 100 valence electrons. The SMILES string of the molecule is Cc1cc(Br)c(F)cc1NC(C)c1ccc(I)cc1. The molecule has 0 fully saturated rings. The van der Waals surface area contributed by atoms with Gasteiger partial charge in [-0.1, -0.05) is 12.1 Å². The molecule has 1 nitrogen and oxygen atoms in total. The fraction of sp³-hybridized carbons (Fsp3) is 0.200. The van der Waals surface area contributed by atoms with Gasteiger partial charge in [0.1, 0.15) is 5.82 Å². The molecule has 2 rings (SSSR count). The van der Waals surface area contributed by atoms with Gasteiger partial charge >= 0.3 is 0 Å². The first-order chi connectivity index (χ1) is 8.97. The van der Waals surface area contributed by atoms with E-state index in [-0.39, 0.29) is 11.9 Å². The summed E-state index contributed by atoms with van der Waals surface area (Å²) in [7, 11) is 0. The van der Waals surface area contributed by atoms with E-state index < -0.39 is 0 Å². The lowest BCUT2D eigenvalue weighted by Crippen LogP contribution is -2.08. The van der Waals surface area contributed by atoms with Gasteiger partial charge in [-0.05, 0) is 87.8 Å². The van der Waals surface area contributed by atoms with Gasteiger partial charge in [-0.15, -0.1) is 0 Å². The Balaban J connectivity index is 2.21. The van der Waals surface area contributed by atoms with Gasteiger partial charge in [-0.2, -0.15) is 0 Å². The highest BCUT2D eigenvalue weighted by Gasteiger charge is 2.09. The maximum atomic E-state index is 13.6. The topological polar surface area (TPSA) is 12.0 Å². The van der Waals surface area contributed by atoms with Crippen LogP contribution in [0.15, 0.2) is 40.9 Å². The van der Waals surface area contributed by atoms with E-state index >= 15 is 0 Å². The normalized spacial score (nSPS) is 12.3. The highest BCUT2D eigenvalue weighted by Crippen LogP contribution is 2.27. The summed E-state index contributed by atoms with van der Waals surface area (Å²) in [6.45, 7) is 4.04. The average molecular weight is 434 g/mol. The smallest absolute Gasteiger partial charge is 0.139 e. The molecule has 0 spiro atoms. The lowest BCUT2D eigenvalue weighted by Gasteiger charge is -2.18. The number of nitrogens with one attached hydrogen (secondary N) is 1. The minimum Gasteiger partial charge on any atom is -0.378 e. The fourth-order valence-corrected chi connectivity index (χ4v) is 2.69. The fourth-order valence-electron chi connectivity index (χ4n) is 1.87. The Kier molecular flexibility index (Phi) is 4.84. The molecule has 1 N–H and O–H groups in total. The van der Waals surface area contributed by atoms with E-state index in [9.17, 15) is 4.39 Å². The third kappa shape index (κ3) is 3.69. The zero-order valence-corrected chi connectivity index (χ0v) is 14.4. The van der Waals surface area contributed by atoms with E-state index in [4.69, 9.17) is 0 Å². The molecule has 0 aromatic heterocycles. The number of anilines is 1. The summed E-state index contributed by atoms with van der Waals surface area (Å²) in [5.41, 5.74) is 3.03. The molecule has 0 aliphatic carbocycles. The summed E-state index contributed by atoms with van der Waals surface area (Å²) in [6, 6.07) is 11.8. The van der Waals surface area contributed by atoms with E-state index in [1.165, 1.54) is 15.2 Å². The van der Waals surface area contributed by atoms with Gasteiger partial charge in [0, 0.05) is 15.3 Å². The monoisotopic (exact) mass is 433 g/mol. The van der Waals surface area contributed by atoms with Gasteiger partial charge in [0.15, 0.2) is 0 Å². The summed E-state index contributed by atoms with van der Waals surface area (Å²) in [4.78, 5) is 0. The molecule has 0 heterocycles. The molecule has 19 heavy (non-hydrogen) atoms. The first-order valence-electron chi connectivity index (χ1n) is 5.95. The molecular formula is C15H14BrFIN. The molecule has 0 aliphatic rings. The zero-order valence-electron chi connectivity index (χ0n) is 10.7. The first kappa shape index (κ1) is 14.8. The van der Waals surface area contributed by atoms with Gasteiger partial charge in [-0.3, -0.25) is 0 Å². The van der Waals surface area contributed by atoms with Gasteiger partial charge in [0.25, 0.3) is 0 Å². The van der Waals surface area contributed by atoms with Crippen LogP contribution >= 0.6 is 38.5 Å². The van der Waals surface area contributed by atoms with Crippen LogP contribution in [0.1, 0.15) is 24.1 Å². The summed E-state index contributed by atoms with van der Waals surface area (Å²) in [5.74, 6) is -0.247. The highest BCUT2D eigenvalue weighted by molar-refractivity contribution is 14.1. The van der Waals surface area contributed by atoms with Crippen LogP contribution in [0, 0.1) is 16.3 Å². The predicted molar refractivity (Wildman–Crippen MR) is 90.0 cm³/mol. The molecule has 0 bridgehead atoms. The van der Waals surface area contributed by atoms with Crippen molar-refractivity contribution < 1.29 is 4.39 Å². The molecule has 0 aliphatic heterocycles. The quantitative estimate of drug-likeness (QED) is 0.614. The van der Waals surface area contributed by atoms with E-state index in [0.29, 0.717) is 4.47 Å².